The summed E-state index contributed by atoms with van der Waals surface area (Å²) in [7, 11) is 0. The number of ether oxygens (including phenoxy) is 4. The number of aromatic nitrogens is 3. The lowest BCUT2D eigenvalue weighted by atomic mass is 9.93. The van der Waals surface area contributed by atoms with Gasteiger partial charge in [-0.25, -0.2) is 4.68 Å². The Morgan fingerprint density at radius 3 is 2.32 bits per heavy atom. The molecular weight excluding hydrogens is 362 g/mol. The molecule has 0 unspecified atom stereocenters. The number of esters is 1. The first-order chi connectivity index (χ1) is 13.3. The molecule has 0 fully saturated rings. The van der Waals surface area contributed by atoms with Crippen LogP contribution in [0.25, 0.3) is 0 Å². The molecule has 0 spiro atoms. The molecule has 8 nitrogen and oxygen atoms in total. The fourth-order valence-corrected chi connectivity index (χ4v) is 2.07. The van der Waals surface area contributed by atoms with Gasteiger partial charge in [0.1, 0.15) is 6.61 Å². The molecule has 0 amide bonds. The zero-order valence-electron chi connectivity index (χ0n) is 18.1. The Labute approximate surface area is 168 Å². The largest absolute Gasteiger partial charge is 0.463 e. The van der Waals surface area contributed by atoms with Crippen LogP contribution in [-0.2, 0) is 36.7 Å². The summed E-state index contributed by atoms with van der Waals surface area (Å²) < 4.78 is 23.4. The summed E-state index contributed by atoms with van der Waals surface area (Å²) in [6, 6.07) is 0. The van der Waals surface area contributed by atoms with E-state index < -0.39 is 0 Å². The maximum atomic E-state index is 11.3. The van der Waals surface area contributed by atoms with E-state index in [4.69, 9.17) is 18.9 Å². The summed E-state index contributed by atoms with van der Waals surface area (Å²) in [5.41, 5.74) is 1.19. The van der Waals surface area contributed by atoms with Gasteiger partial charge in [-0.1, -0.05) is 39.8 Å². The van der Waals surface area contributed by atoms with E-state index in [1.807, 2.05) is 6.20 Å². The molecular formula is C20H37N3O5. The van der Waals surface area contributed by atoms with Crippen molar-refractivity contribution in [2.75, 3.05) is 46.2 Å². The average Bonchev–Trinajstić information content (AvgIpc) is 3.06. The summed E-state index contributed by atoms with van der Waals surface area (Å²) in [4.78, 5) is 11.3. The van der Waals surface area contributed by atoms with Crippen LogP contribution in [0.1, 0.15) is 46.7 Å². The number of carbonyl (C=O) groups is 1. The van der Waals surface area contributed by atoms with Gasteiger partial charge in [-0.3, -0.25) is 4.79 Å². The minimum absolute atomic E-state index is 0.112. The molecule has 0 radical (unpaired) electrons. The number of hydrogen-bond donors (Lipinski definition) is 0. The first-order valence-corrected chi connectivity index (χ1v) is 10.1. The van der Waals surface area contributed by atoms with Crippen LogP contribution in [0.2, 0.25) is 0 Å². The van der Waals surface area contributed by atoms with Gasteiger partial charge in [-0.15, -0.1) is 5.10 Å². The van der Waals surface area contributed by atoms with E-state index in [1.165, 1.54) is 0 Å². The molecule has 0 saturated carbocycles. The summed E-state index contributed by atoms with van der Waals surface area (Å²) in [6.45, 7) is 14.5. The smallest absolute Gasteiger partial charge is 0.308 e. The van der Waals surface area contributed by atoms with Gasteiger partial charge in [-0.2, -0.15) is 0 Å². The molecule has 162 valence electrons. The maximum Gasteiger partial charge on any atom is 0.308 e. The molecule has 1 heterocycles. The maximum absolute atomic E-state index is 11.3. The molecule has 0 aliphatic heterocycles. The third-order valence-electron chi connectivity index (χ3n) is 3.87. The number of rotatable bonds is 15. The molecule has 1 rings (SSSR count). The normalized spacial score (nSPS) is 11.9. The molecule has 0 aromatic carbocycles. The zero-order chi connectivity index (χ0) is 20.8. The van der Waals surface area contributed by atoms with Gasteiger partial charge in [0.25, 0.3) is 0 Å². The van der Waals surface area contributed by atoms with E-state index in [0.29, 0.717) is 51.4 Å². The van der Waals surface area contributed by atoms with Crippen molar-refractivity contribution in [2.45, 2.75) is 54.0 Å². The third-order valence-corrected chi connectivity index (χ3v) is 3.87. The first kappa shape index (κ1) is 24.5. The monoisotopic (exact) mass is 399 g/mol. The summed E-state index contributed by atoms with van der Waals surface area (Å²) in [5, 5.41) is 8.19. The van der Waals surface area contributed by atoms with Crippen molar-refractivity contribution in [3.8, 4) is 0 Å². The first-order valence-electron chi connectivity index (χ1n) is 10.1. The lowest BCUT2D eigenvalue weighted by molar-refractivity contribution is -0.148. The quantitative estimate of drug-likeness (QED) is 0.331. The second-order valence-corrected chi connectivity index (χ2v) is 8.19. The van der Waals surface area contributed by atoms with Gasteiger partial charge < -0.3 is 18.9 Å². The van der Waals surface area contributed by atoms with Crippen LogP contribution in [0.15, 0.2) is 6.20 Å². The minimum atomic E-state index is -0.205. The minimum Gasteiger partial charge on any atom is -0.463 e. The second-order valence-electron chi connectivity index (χ2n) is 8.19. The van der Waals surface area contributed by atoms with Crippen molar-refractivity contribution in [2.24, 2.45) is 11.3 Å². The van der Waals surface area contributed by atoms with E-state index in [2.05, 4.69) is 31.1 Å². The number of carbonyl (C=O) groups excluding carboxylic acids is 1. The van der Waals surface area contributed by atoms with Crippen LogP contribution < -0.4 is 0 Å². The Hall–Kier alpha value is -1.51. The van der Waals surface area contributed by atoms with Crippen LogP contribution in [0.5, 0.6) is 0 Å². The molecule has 0 atom stereocenters. The van der Waals surface area contributed by atoms with Crippen molar-refractivity contribution in [3.05, 3.63) is 11.9 Å². The second kappa shape index (κ2) is 13.6. The van der Waals surface area contributed by atoms with Crippen LogP contribution in [0, 0.1) is 11.3 Å². The summed E-state index contributed by atoms with van der Waals surface area (Å²) in [6.07, 6.45) is 3.66. The number of hydrogen-bond acceptors (Lipinski definition) is 7. The Morgan fingerprint density at radius 1 is 1.00 bits per heavy atom. The lowest BCUT2D eigenvalue weighted by Gasteiger charge is -2.17. The van der Waals surface area contributed by atoms with Crippen molar-refractivity contribution in [3.63, 3.8) is 0 Å². The van der Waals surface area contributed by atoms with Crippen molar-refractivity contribution in [1.29, 1.82) is 0 Å². The molecule has 0 saturated heterocycles. The van der Waals surface area contributed by atoms with Gasteiger partial charge in [0.05, 0.1) is 51.2 Å². The topological polar surface area (TPSA) is 84.7 Å². The van der Waals surface area contributed by atoms with E-state index in [1.54, 1.807) is 18.5 Å². The van der Waals surface area contributed by atoms with Gasteiger partial charge in [0.15, 0.2) is 0 Å². The molecule has 0 N–H and O–H groups in total. The Kier molecular flexibility index (Phi) is 11.9. The Balaban J connectivity index is 1.99. The van der Waals surface area contributed by atoms with Crippen molar-refractivity contribution < 1.29 is 23.7 Å². The van der Waals surface area contributed by atoms with E-state index >= 15 is 0 Å². The molecule has 0 aliphatic rings. The van der Waals surface area contributed by atoms with E-state index in [0.717, 1.165) is 18.7 Å². The van der Waals surface area contributed by atoms with Crippen LogP contribution in [-0.4, -0.2) is 67.2 Å². The van der Waals surface area contributed by atoms with Crippen LogP contribution >= 0.6 is 0 Å². The molecule has 28 heavy (non-hydrogen) atoms. The number of nitrogens with zero attached hydrogens (tertiary/aromatic N) is 3. The Bertz CT molecular complexity index is 540. The Morgan fingerprint density at radius 2 is 1.64 bits per heavy atom. The molecule has 0 bridgehead atoms. The summed E-state index contributed by atoms with van der Waals surface area (Å²) >= 11 is 0. The predicted molar refractivity (Wildman–Crippen MR) is 106 cm³/mol. The fraction of sp³-hybridized carbons (Fsp3) is 0.850. The SMILES string of the molecule is CC(C)C(=O)OCCOCCn1cc(CCOCCOCCC(C)(C)C)nn1. The van der Waals surface area contributed by atoms with Crippen molar-refractivity contribution in [1.82, 2.24) is 15.0 Å². The standard InChI is InChI=1S/C20H37N3O5/c1-17(2)19(24)28-15-14-27-11-8-23-16-18(21-22-23)6-9-25-12-13-26-10-7-20(3,4)5/h16-17H,6-15H2,1-5H3. The highest BCUT2D eigenvalue weighted by atomic mass is 16.6. The van der Waals surface area contributed by atoms with E-state index in [-0.39, 0.29) is 18.5 Å². The molecule has 0 aliphatic carbocycles. The molecule has 8 heteroatoms. The highest BCUT2D eigenvalue weighted by Crippen LogP contribution is 2.17. The van der Waals surface area contributed by atoms with Crippen molar-refractivity contribution >= 4 is 5.97 Å². The van der Waals surface area contributed by atoms with Gasteiger partial charge in [-0.05, 0) is 11.8 Å². The van der Waals surface area contributed by atoms with Gasteiger partial charge >= 0.3 is 5.97 Å². The average molecular weight is 400 g/mol. The summed E-state index contributed by atoms with van der Waals surface area (Å²) in [5.74, 6) is -0.318. The predicted octanol–water partition coefficient (Wildman–Crippen LogP) is 2.51. The third kappa shape index (κ3) is 12.8. The van der Waals surface area contributed by atoms with Crippen LogP contribution in [0.4, 0.5) is 0 Å². The van der Waals surface area contributed by atoms with Gasteiger partial charge in [0.2, 0.25) is 0 Å². The highest BCUT2D eigenvalue weighted by molar-refractivity contribution is 5.71. The van der Waals surface area contributed by atoms with E-state index in [9.17, 15) is 4.79 Å². The molecule has 1 aromatic heterocycles. The lowest BCUT2D eigenvalue weighted by Crippen LogP contribution is -2.16. The van der Waals surface area contributed by atoms with Gasteiger partial charge in [0, 0.05) is 19.2 Å². The fourth-order valence-electron chi connectivity index (χ4n) is 2.07. The molecule has 1 aromatic rings. The highest BCUT2D eigenvalue weighted by Gasteiger charge is 2.09. The zero-order valence-corrected chi connectivity index (χ0v) is 18.1. The van der Waals surface area contributed by atoms with Crippen LogP contribution in [0.3, 0.4) is 0 Å².